The van der Waals surface area contributed by atoms with E-state index in [1.807, 2.05) is 24.3 Å². The molecule has 1 aliphatic heterocycles. The maximum Gasteiger partial charge on any atom is 0.344 e. The van der Waals surface area contributed by atoms with E-state index in [0.717, 1.165) is 18.4 Å². The van der Waals surface area contributed by atoms with Gasteiger partial charge in [-0.15, -0.1) is 0 Å². The number of benzene rings is 3. The standard InChI is InChI=1S/C28H25BrN2O5/c1-3-4-13-34-23-12-9-17(14-25(23)33-2)26-20-11-10-18(15-24(20)36-27(31)21(26)16-30)35-28(32)19-7-5-6-8-22(19)29/h5-12,14-15,26H,3-4,13,31H2,1-2H3. The van der Waals surface area contributed by atoms with E-state index in [-0.39, 0.29) is 11.5 Å². The van der Waals surface area contributed by atoms with E-state index in [2.05, 4.69) is 28.9 Å². The van der Waals surface area contributed by atoms with Gasteiger partial charge in [-0.05, 0) is 58.2 Å². The number of hydrogen-bond acceptors (Lipinski definition) is 7. The van der Waals surface area contributed by atoms with Crippen LogP contribution in [-0.2, 0) is 0 Å². The summed E-state index contributed by atoms with van der Waals surface area (Å²) in [5.74, 6) is 0.865. The lowest BCUT2D eigenvalue weighted by atomic mass is 9.83. The SMILES string of the molecule is CCCCOc1ccc(C2C(C#N)=C(N)Oc3cc(OC(=O)c4ccccc4Br)ccc32)cc1OC. The molecule has 0 amide bonds. The fourth-order valence-corrected chi connectivity index (χ4v) is 4.39. The number of rotatable bonds is 8. The number of carbonyl (C=O) groups is 1. The molecule has 1 heterocycles. The molecule has 4 rings (SSSR count). The van der Waals surface area contributed by atoms with Crippen molar-refractivity contribution in [3.05, 3.63) is 93.3 Å². The predicted molar refractivity (Wildman–Crippen MR) is 138 cm³/mol. The van der Waals surface area contributed by atoms with Gasteiger partial charge >= 0.3 is 5.97 Å². The number of allylic oxidation sites excluding steroid dienone is 1. The summed E-state index contributed by atoms with van der Waals surface area (Å²) < 4.78 is 23.4. The van der Waals surface area contributed by atoms with Crippen molar-refractivity contribution in [1.82, 2.24) is 0 Å². The van der Waals surface area contributed by atoms with Crippen molar-refractivity contribution in [1.29, 1.82) is 5.26 Å². The lowest BCUT2D eigenvalue weighted by molar-refractivity contribution is 0.0733. The van der Waals surface area contributed by atoms with Gasteiger partial charge in [0.2, 0.25) is 5.88 Å². The molecule has 0 saturated carbocycles. The summed E-state index contributed by atoms with van der Waals surface area (Å²) in [5.41, 5.74) is 8.32. The van der Waals surface area contributed by atoms with E-state index < -0.39 is 11.9 Å². The average Bonchev–Trinajstić information content (AvgIpc) is 2.88. The lowest BCUT2D eigenvalue weighted by Crippen LogP contribution is -2.21. The summed E-state index contributed by atoms with van der Waals surface area (Å²) in [6, 6.07) is 19.8. The first-order chi connectivity index (χ1) is 17.5. The highest BCUT2D eigenvalue weighted by Crippen LogP contribution is 2.45. The summed E-state index contributed by atoms with van der Waals surface area (Å²) in [4.78, 5) is 12.7. The highest BCUT2D eigenvalue weighted by Gasteiger charge is 2.32. The molecule has 0 fully saturated rings. The average molecular weight is 549 g/mol. The first-order valence-corrected chi connectivity index (χ1v) is 12.2. The molecule has 1 atom stereocenters. The van der Waals surface area contributed by atoms with E-state index in [9.17, 15) is 10.1 Å². The molecular weight excluding hydrogens is 524 g/mol. The fourth-order valence-electron chi connectivity index (χ4n) is 3.94. The number of unbranched alkanes of at least 4 members (excludes halogenated alkanes) is 1. The van der Waals surface area contributed by atoms with Gasteiger partial charge in [-0.25, -0.2) is 4.79 Å². The third kappa shape index (κ3) is 5.16. The molecule has 8 heteroatoms. The number of nitrogens with two attached hydrogens (primary N) is 1. The molecule has 0 saturated heterocycles. The maximum absolute atomic E-state index is 12.7. The zero-order valence-corrected chi connectivity index (χ0v) is 21.5. The molecular formula is C28H25BrN2O5. The Morgan fingerprint density at radius 3 is 2.67 bits per heavy atom. The molecule has 0 aromatic heterocycles. The van der Waals surface area contributed by atoms with E-state index in [1.54, 1.807) is 43.5 Å². The van der Waals surface area contributed by atoms with Crippen LogP contribution in [0.25, 0.3) is 0 Å². The van der Waals surface area contributed by atoms with Gasteiger partial charge < -0.3 is 24.7 Å². The van der Waals surface area contributed by atoms with E-state index in [0.29, 0.717) is 45.2 Å². The Labute approximate surface area is 218 Å². The van der Waals surface area contributed by atoms with Gasteiger partial charge in [-0.1, -0.05) is 37.6 Å². The predicted octanol–water partition coefficient (Wildman–Crippen LogP) is 6.07. The molecule has 1 aliphatic rings. The van der Waals surface area contributed by atoms with Crippen LogP contribution in [0.2, 0.25) is 0 Å². The van der Waals surface area contributed by atoms with Crippen molar-refractivity contribution in [2.45, 2.75) is 25.7 Å². The van der Waals surface area contributed by atoms with Crippen molar-refractivity contribution in [3.8, 4) is 29.1 Å². The third-order valence-corrected chi connectivity index (χ3v) is 6.46. The number of carbonyl (C=O) groups excluding carboxylic acids is 1. The van der Waals surface area contributed by atoms with E-state index in [1.165, 1.54) is 0 Å². The van der Waals surface area contributed by atoms with Crippen molar-refractivity contribution < 1.29 is 23.7 Å². The highest BCUT2D eigenvalue weighted by molar-refractivity contribution is 9.10. The number of fused-ring (bicyclic) bond motifs is 1. The summed E-state index contributed by atoms with van der Waals surface area (Å²) in [7, 11) is 1.57. The molecule has 0 radical (unpaired) electrons. The van der Waals surface area contributed by atoms with Crippen LogP contribution in [0.3, 0.4) is 0 Å². The van der Waals surface area contributed by atoms with Crippen LogP contribution in [0.5, 0.6) is 23.0 Å². The Hall–Kier alpha value is -3.96. The van der Waals surface area contributed by atoms with E-state index >= 15 is 0 Å². The van der Waals surface area contributed by atoms with Crippen molar-refractivity contribution in [3.63, 3.8) is 0 Å². The minimum Gasteiger partial charge on any atom is -0.493 e. The van der Waals surface area contributed by atoms with Crippen molar-refractivity contribution in [2.75, 3.05) is 13.7 Å². The number of halogens is 1. The number of methoxy groups -OCH3 is 1. The van der Waals surface area contributed by atoms with Gasteiger partial charge in [0, 0.05) is 16.1 Å². The Balaban J connectivity index is 1.67. The smallest absolute Gasteiger partial charge is 0.344 e. The second-order valence-corrected chi connectivity index (χ2v) is 8.96. The van der Waals surface area contributed by atoms with Crippen molar-refractivity contribution >= 4 is 21.9 Å². The summed E-state index contributed by atoms with van der Waals surface area (Å²) in [6.45, 7) is 2.68. The van der Waals surface area contributed by atoms with Gasteiger partial charge in [0.1, 0.15) is 23.1 Å². The van der Waals surface area contributed by atoms with Crippen LogP contribution in [-0.4, -0.2) is 19.7 Å². The Morgan fingerprint density at radius 1 is 1.14 bits per heavy atom. The molecule has 0 bridgehead atoms. The first-order valence-electron chi connectivity index (χ1n) is 11.5. The summed E-state index contributed by atoms with van der Waals surface area (Å²) in [6.07, 6.45) is 1.96. The molecule has 36 heavy (non-hydrogen) atoms. The number of nitrogens with zero attached hydrogens (tertiary/aromatic N) is 1. The third-order valence-electron chi connectivity index (χ3n) is 5.77. The molecule has 0 spiro atoms. The summed E-state index contributed by atoms with van der Waals surface area (Å²) in [5, 5.41) is 9.87. The monoisotopic (exact) mass is 548 g/mol. The van der Waals surface area contributed by atoms with Gasteiger partial charge in [0.05, 0.1) is 25.2 Å². The number of hydrogen-bond donors (Lipinski definition) is 1. The van der Waals surface area contributed by atoms with Crippen LogP contribution in [0.1, 0.15) is 47.2 Å². The Bertz CT molecular complexity index is 1360. The second-order valence-electron chi connectivity index (χ2n) is 8.11. The topological polar surface area (TPSA) is 104 Å². The summed E-state index contributed by atoms with van der Waals surface area (Å²) >= 11 is 3.36. The molecule has 184 valence electrons. The molecule has 3 aromatic rings. The van der Waals surface area contributed by atoms with Crippen molar-refractivity contribution in [2.24, 2.45) is 5.73 Å². The molecule has 3 aromatic carbocycles. The van der Waals surface area contributed by atoms with Crippen LogP contribution in [0, 0.1) is 11.3 Å². The fraction of sp³-hybridized carbons (Fsp3) is 0.214. The van der Waals surface area contributed by atoms with Gasteiger partial charge in [0.15, 0.2) is 11.5 Å². The molecule has 0 aliphatic carbocycles. The van der Waals surface area contributed by atoms with Gasteiger partial charge in [-0.3, -0.25) is 0 Å². The molecule has 7 nitrogen and oxygen atoms in total. The van der Waals surface area contributed by atoms with Crippen LogP contribution in [0.4, 0.5) is 0 Å². The lowest BCUT2D eigenvalue weighted by Gasteiger charge is -2.27. The van der Waals surface area contributed by atoms with Crippen LogP contribution >= 0.6 is 15.9 Å². The van der Waals surface area contributed by atoms with E-state index in [4.69, 9.17) is 24.7 Å². The molecule has 1 unspecified atom stereocenters. The Kier molecular flexibility index (Phi) is 7.81. The minimum atomic E-state index is -0.514. The van der Waals surface area contributed by atoms with Gasteiger partial charge in [0.25, 0.3) is 0 Å². The minimum absolute atomic E-state index is 0.00785. The first kappa shape index (κ1) is 25.1. The zero-order valence-electron chi connectivity index (χ0n) is 19.9. The Morgan fingerprint density at radius 2 is 1.94 bits per heavy atom. The number of nitriles is 1. The number of esters is 1. The van der Waals surface area contributed by atoms with Gasteiger partial charge in [-0.2, -0.15) is 5.26 Å². The largest absolute Gasteiger partial charge is 0.493 e. The normalized spacial score (nSPS) is 14.3. The highest BCUT2D eigenvalue weighted by atomic mass is 79.9. The number of ether oxygens (including phenoxy) is 4. The quantitative estimate of drug-likeness (QED) is 0.207. The second kappa shape index (κ2) is 11.2. The van der Waals surface area contributed by atoms with Crippen LogP contribution in [0.15, 0.2) is 76.6 Å². The zero-order chi connectivity index (χ0) is 25.7. The maximum atomic E-state index is 12.7. The van der Waals surface area contributed by atoms with Crippen LogP contribution < -0.4 is 24.7 Å². The molecule has 2 N–H and O–H groups in total.